The second kappa shape index (κ2) is 32.7. The average Bonchev–Trinajstić information content (AvgIpc) is 1.69. The van der Waals surface area contributed by atoms with Gasteiger partial charge in [-0.15, -0.1) is 0 Å². The average molecular weight is 1690 g/mol. The van der Waals surface area contributed by atoms with Crippen molar-refractivity contribution in [1.82, 2.24) is 0 Å². The van der Waals surface area contributed by atoms with E-state index >= 15 is 4.80 Å². The Morgan fingerprint density at radius 2 is 0.646 bits per heavy atom. The van der Waals surface area contributed by atoms with Crippen molar-refractivity contribution in [3.05, 3.63) is 297 Å². The zero-order valence-electron chi connectivity index (χ0n) is 62.8. The molecule has 113 heavy (non-hydrogen) atoms. The smallest absolute Gasteiger partial charge is 0.494 e. The van der Waals surface area contributed by atoms with Gasteiger partial charge in [0.15, 0.2) is 0 Å². The molecule has 1 N–H and O–H groups in total. The molecule has 18 rings (SSSR count). The minimum Gasteiger partial charge on any atom is -0.494 e. The maximum Gasteiger partial charge on any atom is 0.518 e. The number of epoxide rings is 4. The fourth-order valence-electron chi connectivity index (χ4n) is 14.9. The molecular formula is C81H90N2O20Si10. The van der Waals surface area contributed by atoms with Crippen molar-refractivity contribution < 1.29 is 86.7 Å². The van der Waals surface area contributed by atoms with Gasteiger partial charge in [0, 0.05) is 74.7 Å². The lowest BCUT2D eigenvalue weighted by atomic mass is 10.2. The molecule has 8 aliphatic rings. The number of benzene rings is 10. The molecule has 0 aromatic heterocycles. The summed E-state index contributed by atoms with van der Waals surface area (Å²) in [5.41, 5.74) is 2.90. The Morgan fingerprint density at radius 1 is 0.336 bits per heavy atom. The number of fused-ring (bicyclic) bond motifs is 6. The molecule has 0 saturated carbocycles. The largest absolute Gasteiger partial charge is 0.518 e. The van der Waals surface area contributed by atoms with Crippen LogP contribution >= 0.6 is 0 Å². The van der Waals surface area contributed by atoms with Crippen LogP contribution < -0.4 is 55.6 Å². The summed E-state index contributed by atoms with van der Waals surface area (Å²) in [6.45, 7) is 10.5. The molecule has 0 amide bonds. The molecule has 8 heterocycles. The Morgan fingerprint density at radius 3 is 1.03 bits per heavy atom. The number of ether oxygens (including phenoxy) is 6. The molecule has 0 spiro atoms. The molecule has 14 unspecified atom stereocenters. The van der Waals surface area contributed by atoms with E-state index < -0.39 is 88.0 Å². The molecule has 32 heteroatoms. The van der Waals surface area contributed by atoms with Crippen molar-refractivity contribution in [3.8, 4) is 11.5 Å². The van der Waals surface area contributed by atoms with Crippen LogP contribution in [0.25, 0.3) is 0 Å². The highest BCUT2D eigenvalue weighted by Crippen LogP contribution is 2.46. The van der Waals surface area contributed by atoms with Crippen molar-refractivity contribution in [2.45, 2.75) is 68.5 Å². The van der Waals surface area contributed by atoms with Crippen LogP contribution in [0.1, 0.15) is 18.4 Å². The molecule has 584 valence electrons. The summed E-state index contributed by atoms with van der Waals surface area (Å²) in [4.78, 5) is 19.8. The van der Waals surface area contributed by atoms with Gasteiger partial charge in [-0.25, -0.2) is 0 Å². The Balaban J connectivity index is 0.862. The quantitative estimate of drug-likeness (QED) is 0.0273. The molecule has 0 radical (unpaired) electrons. The van der Waals surface area contributed by atoms with E-state index in [0.717, 1.165) is 69.5 Å². The van der Waals surface area contributed by atoms with Gasteiger partial charge in [-0.2, -0.15) is 0 Å². The minimum atomic E-state index is -5.49. The van der Waals surface area contributed by atoms with E-state index in [1.807, 2.05) is 280 Å². The van der Waals surface area contributed by atoms with Crippen LogP contribution in [0.5, 0.6) is 11.5 Å². The Hall–Kier alpha value is -7.15. The van der Waals surface area contributed by atoms with Gasteiger partial charge in [0.1, 0.15) is 11.5 Å². The van der Waals surface area contributed by atoms with Crippen molar-refractivity contribution in [2.24, 2.45) is 0 Å². The van der Waals surface area contributed by atoms with Gasteiger partial charge in [0.2, 0.25) is 0 Å². The predicted molar refractivity (Wildman–Crippen MR) is 446 cm³/mol. The van der Waals surface area contributed by atoms with Crippen molar-refractivity contribution in [3.63, 3.8) is 0 Å². The van der Waals surface area contributed by atoms with E-state index in [4.69, 9.17) is 81.9 Å². The maximum atomic E-state index is 15.2. The van der Waals surface area contributed by atoms with Crippen LogP contribution in [0.4, 0.5) is 11.4 Å². The van der Waals surface area contributed by atoms with Crippen LogP contribution in [-0.4, -0.2) is 183 Å². The Bertz CT molecular complexity index is 4780. The van der Waals surface area contributed by atoms with E-state index in [0.29, 0.717) is 60.6 Å². The molecule has 22 nitrogen and oxygen atoms in total. The first-order valence-electron chi connectivity index (χ1n) is 38.8. The van der Waals surface area contributed by atoms with Gasteiger partial charge >= 0.3 is 88.0 Å². The Labute approximate surface area is 670 Å². The van der Waals surface area contributed by atoms with Gasteiger partial charge in [-0.3, -0.25) is 0 Å². The number of hydrogen-bond donors (Lipinski definition) is 1. The van der Waals surface area contributed by atoms with Gasteiger partial charge in [0.25, 0.3) is 0 Å². The van der Waals surface area contributed by atoms with E-state index in [1.165, 1.54) is 0 Å². The molecular weight excluding hydrogens is 1600 g/mol. The first kappa shape index (κ1) is 77.1. The summed E-state index contributed by atoms with van der Waals surface area (Å²) in [6.07, 6.45) is 1.50. The molecule has 0 aliphatic carbocycles. The number of hydrogen-bond acceptors (Lipinski definition) is 22. The van der Waals surface area contributed by atoms with Crippen LogP contribution in [0.3, 0.4) is 0 Å². The molecule has 14 atom stereocenters. The summed E-state index contributed by atoms with van der Waals surface area (Å²) < 4.78 is 147. The highest BCUT2D eigenvalue weighted by Gasteiger charge is 2.79. The summed E-state index contributed by atoms with van der Waals surface area (Å²) in [6, 6.07) is 94.2. The van der Waals surface area contributed by atoms with Gasteiger partial charge in [0.05, 0.1) is 64.1 Å². The van der Waals surface area contributed by atoms with Gasteiger partial charge in [-0.05, 0) is 97.3 Å². The van der Waals surface area contributed by atoms with E-state index in [2.05, 4.69) is 34.1 Å². The lowest BCUT2D eigenvalue weighted by molar-refractivity contribution is 0.0492. The molecule has 10 aromatic rings. The lowest BCUT2D eigenvalue weighted by Crippen LogP contribution is -2.89. The molecule has 10 aromatic carbocycles. The summed E-state index contributed by atoms with van der Waals surface area (Å²) >= 11 is 0. The highest BCUT2D eigenvalue weighted by molar-refractivity contribution is 7.09. The third-order valence-electron chi connectivity index (χ3n) is 20.8. The predicted octanol–water partition coefficient (Wildman–Crippen LogP) is 7.46. The van der Waals surface area contributed by atoms with Crippen LogP contribution in [-0.2, 0) is 78.5 Å². The SMILES string of the molecule is C[Si]1(CCCOc2ccc(N(CC3CO3)CC3CO3)cc2)O[Si](O)(c2ccccc2)O[Si]2(c3ccccc3)O[Si]3(c4ccccc4)O[SiH](c4ccccc4)O[Si]4(Cc5ccccc5)O[Si](c5ccccc5)(O1)O[Si](c1ccccc1)(O[Si](c1ccccc1)(O[Si](C)(CCCOc1ccc(N(CC5CO5)CC5CO5)cc1)O3)O4)O2. The third kappa shape index (κ3) is 17.8. The standard InChI is InChI=1S/C81H90N2O20Si10/c1-105(55-27-53-85-69-49-45-67(46-50-69)82(57-71-61-87-71)58-72-62-88-72)93-108(84,76-33-15-5-16-34-76)99-112(80-41-23-9-24-42-80)100-109(77-35-17-6-18-36-77)92-104(75-31-13-4-14-32-75)91-107(65-66-29-11-3-12-30-66)97-110(95-105,78-37-19-7-20-38-78)101-113(103-112,81-43-25-10-26-44-81)102-111(98-107,79-39-21-8-22-40-79)96-106(2,94-109)56-28-54-86-70-51-47-68(48-52-70)83(59-73-63-89-73)60-74-64-90-74/h3-26,29-52,71-74,84,104H,27-28,53-65H2,1-2H3. The van der Waals surface area contributed by atoms with Gasteiger partial charge in [-0.1, -0.05) is 243 Å². The summed E-state index contributed by atoms with van der Waals surface area (Å²) in [5.74, 6) is 1.35. The summed E-state index contributed by atoms with van der Waals surface area (Å²) in [5, 5.41) is 3.38. The van der Waals surface area contributed by atoms with E-state index in [-0.39, 0.29) is 55.8 Å². The van der Waals surface area contributed by atoms with Crippen molar-refractivity contribution in [1.29, 1.82) is 0 Å². The fourth-order valence-corrected chi connectivity index (χ4v) is 67.4. The first-order chi connectivity index (χ1) is 55.1. The Kier molecular flexibility index (Phi) is 22.3. The maximum absolute atomic E-state index is 15.2. The van der Waals surface area contributed by atoms with Crippen molar-refractivity contribution in [2.75, 3.05) is 75.6 Å². The number of rotatable bonds is 29. The minimum absolute atomic E-state index is 0.00930. The zero-order chi connectivity index (χ0) is 76.5. The number of nitrogens with zero attached hydrogens (tertiary/aromatic N) is 2. The second-order valence-corrected chi connectivity index (χ2v) is 59.4. The van der Waals surface area contributed by atoms with E-state index in [9.17, 15) is 0 Å². The monoisotopic (exact) mass is 1690 g/mol. The van der Waals surface area contributed by atoms with Gasteiger partial charge < -0.3 is 96.5 Å². The molecule has 8 saturated heterocycles. The van der Waals surface area contributed by atoms with Crippen molar-refractivity contribution >= 4 is 136 Å². The number of anilines is 2. The first-order valence-corrected chi connectivity index (χ1v) is 57.7. The fraction of sp³-hybridized carbons (Fsp3) is 0.259. The van der Waals surface area contributed by atoms with E-state index in [1.54, 1.807) is 0 Å². The second-order valence-electron chi connectivity index (χ2n) is 29.8. The molecule has 8 fully saturated rings. The zero-order valence-corrected chi connectivity index (χ0v) is 73.0. The summed E-state index contributed by atoms with van der Waals surface area (Å²) in [7, 11) is -49.2. The van der Waals surface area contributed by atoms with Crippen LogP contribution in [0.2, 0.25) is 25.2 Å². The van der Waals surface area contributed by atoms with Crippen LogP contribution in [0.15, 0.2) is 291 Å². The third-order valence-corrected chi connectivity index (χ3v) is 62.4. The highest BCUT2D eigenvalue weighted by atomic mass is 28.6. The molecule has 6 bridgehead atoms. The molecule has 8 aliphatic heterocycles. The normalized spacial score (nSPS) is 31.5. The van der Waals surface area contributed by atoms with Crippen LogP contribution in [0, 0.1) is 0 Å². The topological polar surface area (TPSA) is 215 Å². The lowest BCUT2D eigenvalue weighted by Gasteiger charge is -2.57.